The van der Waals surface area contributed by atoms with E-state index >= 15 is 0 Å². The van der Waals surface area contributed by atoms with E-state index in [1.165, 1.54) is 0 Å². The van der Waals surface area contributed by atoms with Crippen LogP contribution in [-0.2, 0) is 11.2 Å². The molecule has 0 atom stereocenters. The van der Waals surface area contributed by atoms with Gasteiger partial charge in [-0.15, -0.1) is 0 Å². The third kappa shape index (κ3) is 4.10. The van der Waals surface area contributed by atoms with Crippen molar-refractivity contribution in [2.75, 3.05) is 13.2 Å². The van der Waals surface area contributed by atoms with Crippen LogP contribution in [0.15, 0.2) is 28.9 Å². The highest BCUT2D eigenvalue weighted by molar-refractivity contribution is 5.75. The number of aromatic nitrogens is 1. The molecule has 22 heavy (non-hydrogen) atoms. The van der Waals surface area contributed by atoms with Crippen molar-refractivity contribution in [3.63, 3.8) is 0 Å². The molecule has 0 saturated heterocycles. The van der Waals surface area contributed by atoms with Crippen LogP contribution in [0.5, 0.6) is 11.5 Å². The normalized spacial score (nSPS) is 10.5. The molecule has 0 radical (unpaired) electrons. The average Bonchev–Trinajstić information content (AvgIpc) is 2.96. The van der Waals surface area contributed by atoms with E-state index in [1.807, 2.05) is 32.0 Å². The predicted molar refractivity (Wildman–Crippen MR) is 83.3 cm³/mol. The number of benzene rings is 1. The first-order chi connectivity index (χ1) is 10.6. The van der Waals surface area contributed by atoms with Gasteiger partial charge in [-0.25, -0.2) is 4.98 Å². The molecular formula is C17H21NO4. The van der Waals surface area contributed by atoms with Gasteiger partial charge in [-0.2, -0.15) is 0 Å². The summed E-state index contributed by atoms with van der Waals surface area (Å²) in [6, 6.07) is 5.59. The lowest BCUT2D eigenvalue weighted by Gasteiger charge is -2.11. The summed E-state index contributed by atoms with van der Waals surface area (Å²) in [7, 11) is 0. The van der Waals surface area contributed by atoms with Gasteiger partial charge >= 0.3 is 0 Å². The second-order valence-electron chi connectivity index (χ2n) is 4.87. The molecule has 1 aromatic heterocycles. The Labute approximate surface area is 130 Å². The molecule has 0 aliphatic rings. The second kappa shape index (κ2) is 7.64. The van der Waals surface area contributed by atoms with Gasteiger partial charge < -0.3 is 18.7 Å². The summed E-state index contributed by atoms with van der Waals surface area (Å²) in [6.45, 7) is 6.56. The fraction of sp³-hybridized carbons (Fsp3) is 0.412. The summed E-state index contributed by atoms with van der Waals surface area (Å²) in [4.78, 5) is 15.4. The Bertz CT molecular complexity index is 633. The van der Waals surface area contributed by atoms with Gasteiger partial charge in [0.2, 0.25) is 5.89 Å². The molecule has 0 saturated carbocycles. The molecule has 0 aliphatic heterocycles. The van der Waals surface area contributed by atoms with E-state index in [4.69, 9.17) is 13.9 Å². The SMILES string of the molecule is CCOc1ccc(-c2nc(CCC(C)=O)co2)cc1OCC. The largest absolute Gasteiger partial charge is 0.490 e. The standard InChI is InChI=1S/C17H21NO4/c1-4-20-15-9-7-13(10-16(15)21-5-2)17-18-14(11-22-17)8-6-12(3)19/h7,9-11H,4-6,8H2,1-3H3. The third-order valence-corrected chi connectivity index (χ3v) is 3.08. The number of oxazole rings is 1. The first-order valence-corrected chi connectivity index (χ1v) is 7.47. The maximum absolute atomic E-state index is 11.0. The van der Waals surface area contributed by atoms with Gasteiger partial charge in [0.15, 0.2) is 11.5 Å². The average molecular weight is 303 g/mol. The molecule has 0 aliphatic carbocycles. The molecule has 5 nitrogen and oxygen atoms in total. The number of Topliss-reactive ketones (excluding diaryl/α,β-unsaturated/α-hetero) is 1. The first kappa shape index (κ1) is 16.1. The molecule has 2 aromatic rings. The van der Waals surface area contributed by atoms with Crippen molar-refractivity contribution in [3.8, 4) is 23.0 Å². The summed E-state index contributed by atoms with van der Waals surface area (Å²) in [6.07, 6.45) is 2.66. The molecule has 0 bridgehead atoms. The van der Waals surface area contributed by atoms with Crippen molar-refractivity contribution in [3.05, 3.63) is 30.2 Å². The van der Waals surface area contributed by atoms with Crippen molar-refractivity contribution in [2.45, 2.75) is 33.6 Å². The number of aryl methyl sites for hydroxylation is 1. The van der Waals surface area contributed by atoms with E-state index in [2.05, 4.69) is 4.98 Å². The van der Waals surface area contributed by atoms with Crippen LogP contribution in [0.2, 0.25) is 0 Å². The Hall–Kier alpha value is -2.30. The Morgan fingerprint density at radius 2 is 1.91 bits per heavy atom. The Balaban J connectivity index is 2.21. The molecule has 2 rings (SSSR count). The summed E-state index contributed by atoms with van der Waals surface area (Å²) < 4.78 is 16.6. The summed E-state index contributed by atoms with van der Waals surface area (Å²) >= 11 is 0. The number of ether oxygens (including phenoxy) is 2. The van der Waals surface area contributed by atoms with Crippen molar-refractivity contribution in [1.29, 1.82) is 0 Å². The highest BCUT2D eigenvalue weighted by Crippen LogP contribution is 2.32. The van der Waals surface area contributed by atoms with Crippen LogP contribution in [0, 0.1) is 0 Å². The number of carbonyl (C=O) groups is 1. The van der Waals surface area contributed by atoms with Gasteiger partial charge in [0.25, 0.3) is 0 Å². The topological polar surface area (TPSA) is 61.6 Å². The maximum atomic E-state index is 11.0. The number of hydrogen-bond acceptors (Lipinski definition) is 5. The molecule has 5 heteroatoms. The molecule has 0 N–H and O–H groups in total. The number of ketones is 1. The molecule has 1 heterocycles. The van der Waals surface area contributed by atoms with E-state index in [0.29, 0.717) is 43.4 Å². The lowest BCUT2D eigenvalue weighted by Crippen LogP contribution is -1.98. The van der Waals surface area contributed by atoms with Crippen LogP contribution in [0.4, 0.5) is 0 Å². The molecule has 1 aromatic carbocycles. The van der Waals surface area contributed by atoms with E-state index in [9.17, 15) is 4.79 Å². The molecule has 118 valence electrons. The quantitative estimate of drug-likeness (QED) is 0.744. The van der Waals surface area contributed by atoms with Gasteiger partial charge in [-0.3, -0.25) is 0 Å². The van der Waals surface area contributed by atoms with E-state index in [1.54, 1.807) is 13.2 Å². The second-order valence-corrected chi connectivity index (χ2v) is 4.87. The first-order valence-electron chi connectivity index (χ1n) is 7.47. The predicted octanol–water partition coefficient (Wildman–Crippen LogP) is 3.66. The monoisotopic (exact) mass is 303 g/mol. The molecule has 0 spiro atoms. The summed E-state index contributed by atoms with van der Waals surface area (Å²) in [5.74, 6) is 2.04. The zero-order valence-corrected chi connectivity index (χ0v) is 13.2. The zero-order valence-electron chi connectivity index (χ0n) is 13.2. The molecule has 0 unspecified atom stereocenters. The lowest BCUT2D eigenvalue weighted by molar-refractivity contribution is -0.116. The van der Waals surface area contributed by atoms with Crippen molar-refractivity contribution in [2.24, 2.45) is 0 Å². The van der Waals surface area contributed by atoms with Gasteiger partial charge in [0.1, 0.15) is 12.0 Å². The molecule has 0 fully saturated rings. The Morgan fingerprint density at radius 3 is 2.59 bits per heavy atom. The number of nitrogens with zero attached hydrogens (tertiary/aromatic N) is 1. The number of rotatable bonds is 8. The van der Waals surface area contributed by atoms with Gasteiger partial charge in [-0.1, -0.05) is 0 Å². The zero-order chi connectivity index (χ0) is 15.9. The van der Waals surface area contributed by atoms with Crippen molar-refractivity contribution >= 4 is 5.78 Å². The lowest BCUT2D eigenvalue weighted by atomic mass is 10.2. The van der Waals surface area contributed by atoms with Crippen LogP contribution in [0.1, 0.15) is 32.9 Å². The van der Waals surface area contributed by atoms with Crippen LogP contribution in [0.3, 0.4) is 0 Å². The molecular weight excluding hydrogens is 282 g/mol. The number of carbonyl (C=O) groups excluding carboxylic acids is 1. The molecule has 0 amide bonds. The summed E-state index contributed by atoms with van der Waals surface area (Å²) in [5.41, 5.74) is 1.60. The third-order valence-electron chi connectivity index (χ3n) is 3.08. The number of hydrogen-bond donors (Lipinski definition) is 0. The Morgan fingerprint density at radius 1 is 1.18 bits per heavy atom. The van der Waals surface area contributed by atoms with Crippen LogP contribution in [-0.4, -0.2) is 24.0 Å². The fourth-order valence-electron chi connectivity index (χ4n) is 2.04. The minimum Gasteiger partial charge on any atom is -0.490 e. The van der Waals surface area contributed by atoms with Crippen molar-refractivity contribution in [1.82, 2.24) is 4.98 Å². The van der Waals surface area contributed by atoms with Crippen LogP contribution >= 0.6 is 0 Å². The minimum absolute atomic E-state index is 0.143. The van der Waals surface area contributed by atoms with Crippen LogP contribution in [0.25, 0.3) is 11.5 Å². The minimum atomic E-state index is 0.143. The van der Waals surface area contributed by atoms with Gasteiger partial charge in [0, 0.05) is 12.0 Å². The van der Waals surface area contributed by atoms with Crippen LogP contribution < -0.4 is 9.47 Å². The maximum Gasteiger partial charge on any atom is 0.226 e. The van der Waals surface area contributed by atoms with Gasteiger partial charge in [-0.05, 0) is 45.4 Å². The highest BCUT2D eigenvalue weighted by Gasteiger charge is 2.12. The fourth-order valence-corrected chi connectivity index (χ4v) is 2.04. The smallest absolute Gasteiger partial charge is 0.226 e. The summed E-state index contributed by atoms with van der Waals surface area (Å²) in [5, 5.41) is 0. The van der Waals surface area contributed by atoms with E-state index in [0.717, 1.165) is 11.3 Å². The Kier molecular flexibility index (Phi) is 5.58. The van der Waals surface area contributed by atoms with Gasteiger partial charge in [0.05, 0.1) is 18.9 Å². The highest BCUT2D eigenvalue weighted by atomic mass is 16.5. The van der Waals surface area contributed by atoms with E-state index in [-0.39, 0.29) is 5.78 Å². The van der Waals surface area contributed by atoms with E-state index < -0.39 is 0 Å². The van der Waals surface area contributed by atoms with Crippen molar-refractivity contribution < 1.29 is 18.7 Å².